The first kappa shape index (κ1) is 22.9. The third-order valence-corrected chi connectivity index (χ3v) is 7.80. The molecule has 3 fully saturated rings. The van der Waals surface area contributed by atoms with Crippen molar-refractivity contribution in [2.45, 2.75) is 83.8 Å². The van der Waals surface area contributed by atoms with Gasteiger partial charge in [-0.25, -0.2) is 4.79 Å². The lowest BCUT2D eigenvalue weighted by atomic mass is 9.78. The Morgan fingerprint density at radius 1 is 1.19 bits per heavy atom. The number of ether oxygens (including phenoxy) is 1. The minimum absolute atomic E-state index is 0.174. The molecular weight excluding hydrogens is 406 g/mol. The van der Waals surface area contributed by atoms with E-state index in [0.29, 0.717) is 11.7 Å². The van der Waals surface area contributed by atoms with Gasteiger partial charge in [-0.3, -0.25) is 4.79 Å². The zero-order chi connectivity index (χ0) is 23.0. The predicted octanol–water partition coefficient (Wildman–Crippen LogP) is 3.70. The SMILES string of the molecule is Cc1c(N2CCC[C@@]3(CCN(C4CCC(O)CC4)C3=O)C2)ccc(OC(N)=O)c1C(C)C. The van der Waals surface area contributed by atoms with E-state index in [2.05, 4.69) is 30.6 Å². The van der Waals surface area contributed by atoms with Crippen molar-refractivity contribution in [2.75, 3.05) is 24.5 Å². The first-order valence-corrected chi connectivity index (χ1v) is 12.1. The van der Waals surface area contributed by atoms with Crippen molar-refractivity contribution < 1.29 is 19.4 Å². The van der Waals surface area contributed by atoms with Crippen LogP contribution in [-0.4, -0.2) is 53.8 Å². The molecule has 0 bridgehead atoms. The third-order valence-electron chi connectivity index (χ3n) is 7.80. The lowest BCUT2D eigenvalue weighted by Crippen LogP contribution is -2.50. The number of aliphatic hydroxyl groups excluding tert-OH is 1. The van der Waals surface area contributed by atoms with Gasteiger partial charge in [-0.15, -0.1) is 0 Å². The Balaban J connectivity index is 1.56. The van der Waals surface area contributed by atoms with Gasteiger partial charge in [-0.2, -0.15) is 0 Å². The molecule has 0 unspecified atom stereocenters. The van der Waals surface area contributed by atoms with Gasteiger partial charge in [-0.1, -0.05) is 13.8 Å². The molecule has 7 heteroatoms. The number of hydrogen-bond donors (Lipinski definition) is 2. The molecule has 4 rings (SSSR count). The van der Waals surface area contributed by atoms with Crippen molar-refractivity contribution in [1.82, 2.24) is 4.90 Å². The van der Waals surface area contributed by atoms with Crippen molar-refractivity contribution in [1.29, 1.82) is 0 Å². The van der Waals surface area contributed by atoms with E-state index in [0.717, 1.165) is 81.4 Å². The molecule has 2 saturated heterocycles. The summed E-state index contributed by atoms with van der Waals surface area (Å²) in [6.45, 7) is 8.70. The van der Waals surface area contributed by atoms with Crippen LogP contribution in [0.15, 0.2) is 12.1 Å². The second-order valence-corrected chi connectivity index (χ2v) is 10.2. The van der Waals surface area contributed by atoms with Gasteiger partial charge < -0.3 is 25.4 Å². The first-order chi connectivity index (χ1) is 15.2. The van der Waals surface area contributed by atoms with Gasteiger partial charge in [0.15, 0.2) is 0 Å². The van der Waals surface area contributed by atoms with E-state index < -0.39 is 6.09 Å². The summed E-state index contributed by atoms with van der Waals surface area (Å²) in [5.74, 6) is 0.996. The Morgan fingerprint density at radius 3 is 2.56 bits per heavy atom. The fourth-order valence-corrected chi connectivity index (χ4v) is 6.23. The molecule has 1 aliphatic carbocycles. The molecule has 3 N–H and O–H groups in total. The Bertz CT molecular complexity index is 878. The Labute approximate surface area is 190 Å². The summed E-state index contributed by atoms with van der Waals surface area (Å²) in [4.78, 5) is 29.5. The number of rotatable bonds is 4. The summed E-state index contributed by atoms with van der Waals surface area (Å²) in [7, 11) is 0. The molecule has 1 spiro atoms. The largest absolute Gasteiger partial charge is 0.410 e. The number of nitrogens with zero attached hydrogens (tertiary/aromatic N) is 2. The molecule has 0 aromatic heterocycles. The van der Waals surface area contributed by atoms with E-state index in [1.165, 1.54) is 0 Å². The van der Waals surface area contributed by atoms with Gasteiger partial charge in [-0.05, 0) is 75.5 Å². The maximum absolute atomic E-state index is 13.6. The summed E-state index contributed by atoms with van der Waals surface area (Å²) < 4.78 is 5.27. The lowest BCUT2D eigenvalue weighted by molar-refractivity contribution is -0.139. The number of piperidine rings is 1. The quantitative estimate of drug-likeness (QED) is 0.740. The van der Waals surface area contributed by atoms with Crippen molar-refractivity contribution in [3.63, 3.8) is 0 Å². The average molecular weight is 444 g/mol. The van der Waals surface area contributed by atoms with E-state index in [-0.39, 0.29) is 23.5 Å². The molecule has 32 heavy (non-hydrogen) atoms. The number of hydrogen-bond acceptors (Lipinski definition) is 5. The van der Waals surface area contributed by atoms with Gasteiger partial charge in [0.05, 0.1) is 11.5 Å². The molecular formula is C25H37N3O4. The van der Waals surface area contributed by atoms with Crippen LogP contribution in [0.1, 0.15) is 75.8 Å². The summed E-state index contributed by atoms with van der Waals surface area (Å²) in [5.41, 5.74) is 8.13. The van der Waals surface area contributed by atoms with Crippen LogP contribution >= 0.6 is 0 Å². The van der Waals surface area contributed by atoms with Crippen LogP contribution in [0.25, 0.3) is 0 Å². The summed E-state index contributed by atoms with van der Waals surface area (Å²) in [5, 5.41) is 9.85. The average Bonchev–Trinajstić information content (AvgIpc) is 3.03. The van der Waals surface area contributed by atoms with Crippen LogP contribution < -0.4 is 15.4 Å². The van der Waals surface area contributed by atoms with Crippen LogP contribution in [0.2, 0.25) is 0 Å². The monoisotopic (exact) mass is 443 g/mol. The van der Waals surface area contributed by atoms with Crippen molar-refractivity contribution in [3.8, 4) is 5.75 Å². The number of anilines is 1. The zero-order valence-electron chi connectivity index (χ0n) is 19.6. The predicted molar refractivity (Wildman–Crippen MR) is 124 cm³/mol. The maximum atomic E-state index is 13.6. The number of likely N-dealkylation sites (tertiary alicyclic amines) is 1. The van der Waals surface area contributed by atoms with Crippen LogP contribution in [-0.2, 0) is 4.79 Å². The number of primary amides is 1. The van der Waals surface area contributed by atoms with Gasteiger partial charge >= 0.3 is 6.09 Å². The molecule has 1 aromatic carbocycles. The standard InChI is InChI=1S/C25H37N3O4/c1-16(2)22-17(3)20(9-10-21(22)32-24(26)31)27-13-4-11-25(15-27)12-14-28(23(25)30)18-5-7-19(29)8-6-18/h9-10,16,18-19,29H,4-8,11-15H2,1-3H3,(H2,26,31)/t18?,19?,25-/m1/s1. The minimum atomic E-state index is -0.803. The van der Waals surface area contributed by atoms with Gasteiger partial charge in [0, 0.05) is 36.9 Å². The van der Waals surface area contributed by atoms with Crippen LogP contribution in [0, 0.1) is 12.3 Å². The van der Waals surface area contributed by atoms with E-state index in [1.807, 2.05) is 12.1 Å². The number of carbonyl (C=O) groups excluding carboxylic acids is 2. The number of amides is 2. The zero-order valence-corrected chi connectivity index (χ0v) is 19.6. The Hall–Kier alpha value is -2.28. The van der Waals surface area contributed by atoms with Crippen molar-refractivity contribution in [3.05, 3.63) is 23.3 Å². The second-order valence-electron chi connectivity index (χ2n) is 10.2. The molecule has 1 atom stereocenters. The fraction of sp³-hybridized carbons (Fsp3) is 0.680. The second kappa shape index (κ2) is 8.93. The van der Waals surface area contributed by atoms with E-state index >= 15 is 0 Å². The number of carbonyl (C=O) groups is 2. The normalized spacial score (nSPS) is 28.6. The van der Waals surface area contributed by atoms with Crippen molar-refractivity contribution >= 4 is 17.7 Å². The highest BCUT2D eigenvalue weighted by Crippen LogP contribution is 2.45. The van der Waals surface area contributed by atoms with Crippen LogP contribution in [0.5, 0.6) is 5.75 Å². The molecule has 1 saturated carbocycles. The van der Waals surface area contributed by atoms with E-state index in [1.54, 1.807) is 0 Å². The number of nitrogens with two attached hydrogens (primary N) is 1. The number of aliphatic hydroxyl groups is 1. The maximum Gasteiger partial charge on any atom is 0.409 e. The molecule has 1 aromatic rings. The van der Waals surface area contributed by atoms with E-state index in [4.69, 9.17) is 10.5 Å². The molecule has 0 radical (unpaired) electrons. The van der Waals surface area contributed by atoms with Gasteiger partial charge in [0.1, 0.15) is 5.75 Å². The summed E-state index contributed by atoms with van der Waals surface area (Å²) in [6.07, 6.45) is 5.22. The van der Waals surface area contributed by atoms with Crippen LogP contribution in [0.4, 0.5) is 10.5 Å². The Kier molecular flexibility index (Phi) is 6.39. The highest BCUT2D eigenvalue weighted by Gasteiger charge is 2.50. The van der Waals surface area contributed by atoms with Gasteiger partial charge in [0.25, 0.3) is 0 Å². The molecule has 2 heterocycles. The summed E-state index contributed by atoms with van der Waals surface area (Å²) >= 11 is 0. The molecule has 3 aliphatic rings. The van der Waals surface area contributed by atoms with Crippen molar-refractivity contribution in [2.24, 2.45) is 11.1 Å². The summed E-state index contributed by atoms with van der Waals surface area (Å²) in [6, 6.07) is 4.11. The molecule has 2 aliphatic heterocycles. The first-order valence-electron chi connectivity index (χ1n) is 12.1. The molecule has 2 amide bonds. The Morgan fingerprint density at radius 2 is 1.91 bits per heavy atom. The van der Waals surface area contributed by atoms with E-state index in [9.17, 15) is 14.7 Å². The molecule has 7 nitrogen and oxygen atoms in total. The van der Waals surface area contributed by atoms with Crippen LogP contribution in [0.3, 0.4) is 0 Å². The third kappa shape index (κ3) is 4.19. The molecule has 176 valence electrons. The smallest absolute Gasteiger partial charge is 0.409 e. The number of benzene rings is 1. The lowest BCUT2D eigenvalue weighted by Gasteiger charge is -2.42. The fourth-order valence-electron chi connectivity index (χ4n) is 6.23. The highest BCUT2D eigenvalue weighted by atomic mass is 16.5. The minimum Gasteiger partial charge on any atom is -0.410 e. The topological polar surface area (TPSA) is 96.1 Å². The van der Waals surface area contributed by atoms with Gasteiger partial charge in [0.2, 0.25) is 5.91 Å². The highest BCUT2D eigenvalue weighted by molar-refractivity contribution is 5.86.